The molecule has 0 amide bonds. The Bertz CT molecular complexity index is 473. The van der Waals surface area contributed by atoms with E-state index in [2.05, 4.69) is 50.3 Å². The molecule has 112 valence electrons. The second-order valence-electron chi connectivity index (χ2n) is 6.94. The number of nitrogens with one attached hydrogen (secondary N) is 1. The highest BCUT2D eigenvalue weighted by Gasteiger charge is 2.22. The molecule has 3 nitrogen and oxygen atoms in total. The number of hydrogen-bond donors (Lipinski definition) is 1. The predicted molar refractivity (Wildman–Crippen MR) is 94.0 cm³/mol. The molecule has 0 aromatic heterocycles. The van der Waals surface area contributed by atoms with Gasteiger partial charge in [0.15, 0.2) is 8.24 Å². The van der Waals surface area contributed by atoms with Gasteiger partial charge in [-0.1, -0.05) is 31.8 Å². The third-order valence-corrected chi connectivity index (χ3v) is 4.26. The first-order chi connectivity index (χ1) is 9.12. The highest BCUT2D eigenvalue weighted by atomic mass is 28.3. The first-order valence-corrected chi connectivity index (χ1v) is 14.2. The lowest BCUT2D eigenvalue weighted by atomic mass is 10.2. The summed E-state index contributed by atoms with van der Waals surface area (Å²) in [7, 11) is -3.02. The topological polar surface area (TPSA) is 33.6 Å². The van der Waals surface area contributed by atoms with Crippen molar-refractivity contribution < 1.29 is 4.74 Å². The van der Waals surface area contributed by atoms with Gasteiger partial charge in [0.1, 0.15) is 19.8 Å². The minimum atomic E-state index is -1.56. The van der Waals surface area contributed by atoms with E-state index in [1.807, 2.05) is 25.1 Å². The number of benzene rings is 1. The van der Waals surface area contributed by atoms with E-state index >= 15 is 0 Å². The van der Waals surface area contributed by atoms with Crippen LogP contribution < -0.4 is 9.72 Å². The largest absolute Gasteiger partial charge is 0.493 e. The molecule has 20 heavy (non-hydrogen) atoms. The Morgan fingerprint density at radius 1 is 1.10 bits per heavy atom. The molecule has 0 radical (unpaired) electrons. The average Bonchev–Trinajstić information content (AvgIpc) is 2.25. The summed E-state index contributed by atoms with van der Waals surface area (Å²) in [4.78, 5) is 3.67. The van der Waals surface area contributed by atoms with Gasteiger partial charge in [0, 0.05) is 0 Å². The van der Waals surface area contributed by atoms with E-state index in [0.29, 0.717) is 6.61 Å². The Morgan fingerprint density at radius 2 is 1.70 bits per heavy atom. The normalized spacial score (nSPS) is 13.2. The second kappa shape index (κ2) is 6.58. The van der Waals surface area contributed by atoms with Gasteiger partial charge in [-0.3, -0.25) is 0 Å². The third-order valence-electron chi connectivity index (χ3n) is 2.38. The SMILES string of the molecule is CCOc1ccccc1/C(=N/[Si](C)(C)C)N[Si](C)(C)C. The lowest BCUT2D eigenvalue weighted by Gasteiger charge is -2.25. The van der Waals surface area contributed by atoms with Crippen LogP contribution in [0.1, 0.15) is 12.5 Å². The average molecular weight is 309 g/mol. The molecule has 0 atom stereocenters. The van der Waals surface area contributed by atoms with Crippen LogP contribution in [0.25, 0.3) is 0 Å². The van der Waals surface area contributed by atoms with Crippen molar-refractivity contribution >= 4 is 22.3 Å². The molecule has 0 unspecified atom stereocenters. The molecule has 0 heterocycles. The minimum Gasteiger partial charge on any atom is -0.493 e. The van der Waals surface area contributed by atoms with Gasteiger partial charge in [0.2, 0.25) is 0 Å². The van der Waals surface area contributed by atoms with E-state index in [4.69, 9.17) is 9.39 Å². The lowest BCUT2D eigenvalue weighted by Crippen LogP contribution is -2.47. The van der Waals surface area contributed by atoms with E-state index < -0.39 is 16.5 Å². The molecule has 0 aliphatic rings. The van der Waals surface area contributed by atoms with Gasteiger partial charge < -0.3 is 14.4 Å². The maximum Gasteiger partial charge on any atom is 0.175 e. The van der Waals surface area contributed by atoms with Crippen molar-refractivity contribution in [3.05, 3.63) is 29.8 Å². The van der Waals surface area contributed by atoms with E-state index in [1.54, 1.807) is 0 Å². The Balaban J connectivity index is 3.27. The summed E-state index contributed by atoms with van der Waals surface area (Å²) in [6.45, 7) is 16.3. The van der Waals surface area contributed by atoms with Crippen LogP contribution in [-0.2, 0) is 0 Å². The van der Waals surface area contributed by atoms with Crippen LogP contribution in [0.2, 0.25) is 39.3 Å². The standard InChI is InChI=1S/C15H28N2OSi2/c1-8-18-14-12-10-9-11-13(14)15(16-19(2,3)4)17-20(5,6)7/h9-12H,8H2,1-7H3,(H,16,17). The molecular weight excluding hydrogens is 280 g/mol. The Hall–Kier alpha value is -1.08. The molecule has 5 heteroatoms. The summed E-state index contributed by atoms with van der Waals surface area (Å²) in [5, 5.41) is 0. The van der Waals surface area contributed by atoms with Crippen LogP contribution in [0.3, 0.4) is 0 Å². The number of rotatable bonds is 5. The summed E-state index contributed by atoms with van der Waals surface area (Å²) in [6.07, 6.45) is 0. The summed E-state index contributed by atoms with van der Waals surface area (Å²) < 4.78 is 10.8. The minimum absolute atomic E-state index is 0.671. The van der Waals surface area contributed by atoms with Crippen LogP contribution in [0.5, 0.6) is 5.75 Å². The molecule has 0 fully saturated rings. The molecule has 0 spiro atoms. The molecule has 0 aliphatic carbocycles. The first-order valence-electron chi connectivity index (χ1n) is 7.22. The van der Waals surface area contributed by atoms with Gasteiger partial charge in [-0.2, -0.15) is 0 Å². The smallest absolute Gasteiger partial charge is 0.175 e. The fourth-order valence-electron chi connectivity index (χ4n) is 1.79. The first kappa shape index (κ1) is 17.0. The van der Waals surface area contributed by atoms with Crippen molar-refractivity contribution in [2.45, 2.75) is 46.2 Å². The molecule has 0 aliphatic heterocycles. The fraction of sp³-hybridized carbons (Fsp3) is 0.533. The zero-order chi connectivity index (χ0) is 15.4. The van der Waals surface area contributed by atoms with E-state index in [0.717, 1.165) is 17.1 Å². The number of nitrogens with zero attached hydrogens (tertiary/aromatic N) is 1. The summed E-state index contributed by atoms with van der Waals surface area (Å²) in [6, 6.07) is 8.17. The van der Waals surface area contributed by atoms with Crippen LogP contribution >= 0.6 is 0 Å². The predicted octanol–water partition coefficient (Wildman–Crippen LogP) is 4.09. The quantitative estimate of drug-likeness (QED) is 0.505. The summed E-state index contributed by atoms with van der Waals surface area (Å²) in [5.41, 5.74) is 1.08. The highest BCUT2D eigenvalue weighted by molar-refractivity contribution is 6.78. The second-order valence-corrected chi connectivity index (χ2v) is 16.3. The van der Waals surface area contributed by atoms with Crippen LogP contribution in [0, 0.1) is 0 Å². The molecule has 1 rings (SSSR count). The van der Waals surface area contributed by atoms with Crippen molar-refractivity contribution in [1.29, 1.82) is 0 Å². The molecular formula is C15H28N2OSi2. The van der Waals surface area contributed by atoms with Crippen LogP contribution in [-0.4, -0.2) is 28.9 Å². The van der Waals surface area contributed by atoms with Crippen LogP contribution in [0.15, 0.2) is 28.9 Å². The summed E-state index contributed by atoms with van der Waals surface area (Å²) in [5.74, 6) is 1.92. The number of hydrogen-bond acceptors (Lipinski definition) is 2. The third kappa shape index (κ3) is 5.92. The zero-order valence-corrected chi connectivity index (χ0v) is 15.9. The van der Waals surface area contributed by atoms with E-state index in [1.165, 1.54) is 0 Å². The summed E-state index contributed by atoms with van der Waals surface area (Å²) >= 11 is 0. The molecule has 1 aromatic rings. The van der Waals surface area contributed by atoms with Crippen molar-refractivity contribution in [3.63, 3.8) is 0 Å². The van der Waals surface area contributed by atoms with Crippen molar-refractivity contribution in [3.8, 4) is 5.75 Å². The zero-order valence-electron chi connectivity index (χ0n) is 13.9. The van der Waals surface area contributed by atoms with Gasteiger partial charge >= 0.3 is 0 Å². The highest BCUT2D eigenvalue weighted by Crippen LogP contribution is 2.20. The number of para-hydroxylation sites is 1. The number of ether oxygens (including phenoxy) is 1. The monoisotopic (exact) mass is 308 g/mol. The Kier molecular flexibility index (Phi) is 5.59. The number of amidine groups is 1. The van der Waals surface area contributed by atoms with E-state index in [-0.39, 0.29) is 0 Å². The van der Waals surface area contributed by atoms with Crippen LogP contribution in [0.4, 0.5) is 0 Å². The molecule has 0 saturated heterocycles. The molecule has 1 N–H and O–H groups in total. The Morgan fingerprint density at radius 3 is 2.20 bits per heavy atom. The van der Waals surface area contributed by atoms with Gasteiger partial charge in [-0.05, 0) is 38.7 Å². The lowest BCUT2D eigenvalue weighted by molar-refractivity contribution is 0.339. The molecule has 0 bridgehead atoms. The van der Waals surface area contributed by atoms with Gasteiger partial charge in [-0.25, -0.2) is 0 Å². The van der Waals surface area contributed by atoms with Crippen molar-refractivity contribution in [2.24, 2.45) is 4.66 Å². The van der Waals surface area contributed by atoms with Crippen molar-refractivity contribution in [1.82, 2.24) is 4.98 Å². The maximum absolute atomic E-state index is 5.76. The maximum atomic E-state index is 5.76. The van der Waals surface area contributed by atoms with Gasteiger partial charge in [0.25, 0.3) is 0 Å². The van der Waals surface area contributed by atoms with Gasteiger partial charge in [0.05, 0.1) is 12.2 Å². The van der Waals surface area contributed by atoms with Gasteiger partial charge in [-0.15, -0.1) is 0 Å². The van der Waals surface area contributed by atoms with Crippen molar-refractivity contribution in [2.75, 3.05) is 6.61 Å². The van der Waals surface area contributed by atoms with E-state index in [9.17, 15) is 0 Å². The molecule has 1 aromatic carbocycles. The fourth-order valence-corrected chi connectivity index (χ4v) is 3.65. The molecule has 0 saturated carbocycles. The Labute approximate surface area is 125 Å².